The van der Waals surface area contributed by atoms with Crippen molar-refractivity contribution in [2.75, 3.05) is 49.1 Å². The first kappa shape index (κ1) is 15.3. The summed E-state index contributed by atoms with van der Waals surface area (Å²) in [6, 6.07) is 8.84. The lowest BCUT2D eigenvalue weighted by Crippen LogP contribution is -2.44. The molecular formula is C18H24N6. The predicted molar refractivity (Wildman–Crippen MR) is 95.7 cm³/mol. The third-order valence-corrected chi connectivity index (χ3v) is 4.93. The van der Waals surface area contributed by atoms with E-state index in [4.69, 9.17) is 4.98 Å². The van der Waals surface area contributed by atoms with Crippen LogP contribution in [0.5, 0.6) is 0 Å². The van der Waals surface area contributed by atoms with Crippen LogP contribution in [-0.2, 0) is 0 Å². The molecule has 2 aromatic rings. The van der Waals surface area contributed by atoms with Gasteiger partial charge in [0.2, 0.25) is 11.9 Å². The molecule has 2 fully saturated rings. The SMILES string of the molecule is Cc1cccc(C2CCN(c3ncnc(N4CCNCC4)n3)C2)c1. The van der Waals surface area contributed by atoms with E-state index in [-0.39, 0.29) is 0 Å². The van der Waals surface area contributed by atoms with E-state index < -0.39 is 0 Å². The fourth-order valence-electron chi connectivity index (χ4n) is 3.59. The molecule has 6 nitrogen and oxygen atoms in total. The lowest BCUT2D eigenvalue weighted by molar-refractivity contribution is 0.578. The first-order valence-electron chi connectivity index (χ1n) is 8.76. The Balaban J connectivity index is 1.48. The predicted octanol–water partition coefficient (Wildman–Crippen LogP) is 1.58. The zero-order valence-corrected chi connectivity index (χ0v) is 14.1. The molecule has 1 unspecified atom stereocenters. The third-order valence-electron chi connectivity index (χ3n) is 4.93. The van der Waals surface area contributed by atoms with Gasteiger partial charge in [0.1, 0.15) is 6.33 Å². The minimum Gasteiger partial charge on any atom is -0.340 e. The van der Waals surface area contributed by atoms with Gasteiger partial charge < -0.3 is 15.1 Å². The quantitative estimate of drug-likeness (QED) is 0.925. The van der Waals surface area contributed by atoms with Crippen LogP contribution in [0.2, 0.25) is 0 Å². The summed E-state index contributed by atoms with van der Waals surface area (Å²) in [7, 11) is 0. The maximum Gasteiger partial charge on any atom is 0.230 e. The number of anilines is 2. The summed E-state index contributed by atoms with van der Waals surface area (Å²) in [5.41, 5.74) is 2.75. The van der Waals surface area contributed by atoms with Crippen molar-refractivity contribution in [1.82, 2.24) is 20.3 Å². The Morgan fingerprint density at radius 1 is 1.04 bits per heavy atom. The molecule has 0 saturated carbocycles. The number of aromatic nitrogens is 3. The van der Waals surface area contributed by atoms with Crippen LogP contribution in [-0.4, -0.2) is 54.2 Å². The van der Waals surface area contributed by atoms with Crippen molar-refractivity contribution >= 4 is 11.9 Å². The van der Waals surface area contributed by atoms with Gasteiger partial charge in [-0.05, 0) is 18.9 Å². The summed E-state index contributed by atoms with van der Waals surface area (Å²) in [6.45, 7) is 8.02. The monoisotopic (exact) mass is 324 g/mol. The number of rotatable bonds is 3. The van der Waals surface area contributed by atoms with E-state index in [0.29, 0.717) is 5.92 Å². The average molecular weight is 324 g/mol. The average Bonchev–Trinajstić information content (AvgIpc) is 3.13. The van der Waals surface area contributed by atoms with Gasteiger partial charge in [0.15, 0.2) is 0 Å². The summed E-state index contributed by atoms with van der Waals surface area (Å²) in [5.74, 6) is 2.18. The van der Waals surface area contributed by atoms with Crippen LogP contribution in [0, 0.1) is 6.92 Å². The Labute approximate surface area is 142 Å². The van der Waals surface area contributed by atoms with Crippen molar-refractivity contribution < 1.29 is 0 Å². The van der Waals surface area contributed by atoms with Gasteiger partial charge in [0.05, 0.1) is 0 Å². The Kier molecular flexibility index (Phi) is 4.30. The summed E-state index contributed by atoms with van der Waals surface area (Å²) in [4.78, 5) is 18.0. The number of benzene rings is 1. The van der Waals surface area contributed by atoms with Gasteiger partial charge >= 0.3 is 0 Å². The molecule has 2 saturated heterocycles. The second-order valence-corrected chi connectivity index (χ2v) is 6.67. The molecule has 6 heteroatoms. The van der Waals surface area contributed by atoms with E-state index in [1.807, 2.05) is 0 Å². The molecule has 4 rings (SSSR count). The summed E-state index contributed by atoms with van der Waals surface area (Å²) in [6.07, 6.45) is 2.80. The number of hydrogen-bond donors (Lipinski definition) is 1. The maximum atomic E-state index is 4.73. The van der Waals surface area contributed by atoms with E-state index in [0.717, 1.165) is 57.6 Å². The van der Waals surface area contributed by atoms with Crippen LogP contribution in [0.4, 0.5) is 11.9 Å². The Morgan fingerprint density at radius 2 is 1.83 bits per heavy atom. The lowest BCUT2D eigenvalue weighted by atomic mass is 9.97. The van der Waals surface area contributed by atoms with E-state index in [9.17, 15) is 0 Å². The summed E-state index contributed by atoms with van der Waals surface area (Å²) >= 11 is 0. The highest BCUT2D eigenvalue weighted by molar-refractivity contribution is 5.41. The van der Waals surface area contributed by atoms with Gasteiger partial charge in [0, 0.05) is 45.2 Å². The Hall–Kier alpha value is -2.21. The molecule has 0 spiro atoms. The van der Waals surface area contributed by atoms with Gasteiger partial charge in [0.25, 0.3) is 0 Å². The maximum absolute atomic E-state index is 4.73. The molecule has 1 N–H and O–H groups in total. The van der Waals surface area contributed by atoms with Gasteiger partial charge in [-0.2, -0.15) is 4.98 Å². The smallest absolute Gasteiger partial charge is 0.230 e. The molecule has 1 aromatic carbocycles. The number of nitrogens with zero attached hydrogens (tertiary/aromatic N) is 5. The lowest BCUT2D eigenvalue weighted by Gasteiger charge is -2.27. The second kappa shape index (κ2) is 6.73. The van der Waals surface area contributed by atoms with E-state index >= 15 is 0 Å². The molecular weight excluding hydrogens is 300 g/mol. The molecule has 0 radical (unpaired) electrons. The van der Waals surface area contributed by atoms with Gasteiger partial charge in [-0.15, -0.1) is 0 Å². The van der Waals surface area contributed by atoms with E-state index in [1.165, 1.54) is 11.1 Å². The standard InChI is InChI=1S/C18H24N6/c1-14-3-2-4-15(11-14)16-5-8-24(12-16)18-21-13-20-17(22-18)23-9-6-19-7-10-23/h2-4,11,13,16,19H,5-10,12H2,1H3. The first-order valence-corrected chi connectivity index (χ1v) is 8.76. The van der Waals surface area contributed by atoms with Crippen LogP contribution in [0.1, 0.15) is 23.5 Å². The van der Waals surface area contributed by atoms with Gasteiger partial charge in [-0.25, -0.2) is 9.97 Å². The van der Waals surface area contributed by atoms with Crippen molar-refractivity contribution in [3.8, 4) is 0 Å². The van der Waals surface area contributed by atoms with Crippen LogP contribution in [0.25, 0.3) is 0 Å². The zero-order chi connectivity index (χ0) is 16.4. The zero-order valence-electron chi connectivity index (χ0n) is 14.1. The molecule has 2 aliphatic rings. The van der Waals surface area contributed by atoms with Crippen molar-refractivity contribution in [1.29, 1.82) is 0 Å². The van der Waals surface area contributed by atoms with Crippen molar-refractivity contribution in [3.05, 3.63) is 41.7 Å². The van der Waals surface area contributed by atoms with Gasteiger partial charge in [-0.3, -0.25) is 0 Å². The van der Waals surface area contributed by atoms with E-state index in [1.54, 1.807) is 6.33 Å². The number of hydrogen-bond acceptors (Lipinski definition) is 6. The summed E-state index contributed by atoms with van der Waals surface area (Å²) < 4.78 is 0. The van der Waals surface area contributed by atoms with Crippen molar-refractivity contribution in [2.45, 2.75) is 19.3 Å². The molecule has 24 heavy (non-hydrogen) atoms. The molecule has 0 aliphatic carbocycles. The van der Waals surface area contributed by atoms with E-state index in [2.05, 4.69) is 56.3 Å². The highest BCUT2D eigenvalue weighted by Crippen LogP contribution is 2.29. The molecule has 1 atom stereocenters. The third kappa shape index (κ3) is 3.19. The second-order valence-electron chi connectivity index (χ2n) is 6.67. The fourth-order valence-corrected chi connectivity index (χ4v) is 3.59. The fraction of sp³-hybridized carbons (Fsp3) is 0.500. The molecule has 2 aliphatic heterocycles. The van der Waals surface area contributed by atoms with Crippen molar-refractivity contribution in [2.24, 2.45) is 0 Å². The van der Waals surface area contributed by atoms with Crippen LogP contribution < -0.4 is 15.1 Å². The largest absolute Gasteiger partial charge is 0.340 e. The highest BCUT2D eigenvalue weighted by atomic mass is 15.3. The molecule has 3 heterocycles. The molecule has 126 valence electrons. The molecule has 0 amide bonds. The Morgan fingerprint density at radius 3 is 2.62 bits per heavy atom. The van der Waals surface area contributed by atoms with Crippen LogP contribution in [0.15, 0.2) is 30.6 Å². The number of piperazine rings is 1. The minimum atomic E-state index is 0.560. The first-order chi connectivity index (χ1) is 11.8. The van der Waals surface area contributed by atoms with Crippen LogP contribution in [0.3, 0.4) is 0 Å². The summed E-state index contributed by atoms with van der Waals surface area (Å²) in [5, 5.41) is 3.36. The van der Waals surface area contributed by atoms with Gasteiger partial charge in [-0.1, -0.05) is 29.8 Å². The van der Waals surface area contributed by atoms with Crippen LogP contribution >= 0.6 is 0 Å². The minimum absolute atomic E-state index is 0.560. The molecule has 0 bridgehead atoms. The van der Waals surface area contributed by atoms with Crippen molar-refractivity contribution in [3.63, 3.8) is 0 Å². The topological polar surface area (TPSA) is 57.2 Å². The number of aryl methyl sites for hydroxylation is 1. The Bertz CT molecular complexity index is 697. The molecule has 1 aromatic heterocycles. The normalized spacial score (nSPS) is 21.3. The number of nitrogens with one attached hydrogen (secondary N) is 1. The highest BCUT2D eigenvalue weighted by Gasteiger charge is 2.26.